The lowest BCUT2D eigenvalue weighted by molar-refractivity contribution is 0.208. The van der Waals surface area contributed by atoms with Gasteiger partial charge in [0.1, 0.15) is 0 Å². The van der Waals surface area contributed by atoms with Crippen molar-refractivity contribution in [3.63, 3.8) is 0 Å². The summed E-state index contributed by atoms with van der Waals surface area (Å²) in [6.07, 6.45) is 7.11. The van der Waals surface area contributed by atoms with Crippen molar-refractivity contribution in [2.45, 2.75) is 80.6 Å². The Balaban J connectivity index is 2.41. The average Bonchev–Trinajstić information content (AvgIpc) is 2.98. The third-order valence-electron chi connectivity index (χ3n) is 6.26. The van der Waals surface area contributed by atoms with Gasteiger partial charge in [-0.2, -0.15) is 0 Å². The summed E-state index contributed by atoms with van der Waals surface area (Å²) in [4.78, 5) is 0. The van der Waals surface area contributed by atoms with Crippen LogP contribution in [-0.2, 0) is 0 Å². The molecule has 1 saturated carbocycles. The van der Waals surface area contributed by atoms with Crippen LogP contribution < -0.4 is 0 Å². The monoisotopic (exact) mass is 252 g/mol. The van der Waals surface area contributed by atoms with Crippen molar-refractivity contribution in [1.29, 1.82) is 0 Å². The molecule has 0 heterocycles. The van der Waals surface area contributed by atoms with Gasteiger partial charge in [-0.15, -0.1) is 0 Å². The van der Waals surface area contributed by atoms with Gasteiger partial charge in [-0.05, 0) is 54.3 Å². The van der Waals surface area contributed by atoms with Crippen LogP contribution in [0.3, 0.4) is 0 Å². The second kappa shape index (κ2) is 6.44. The van der Waals surface area contributed by atoms with E-state index in [2.05, 4.69) is 48.5 Å². The lowest BCUT2D eigenvalue weighted by Crippen LogP contribution is -2.20. The SMILES string of the molecule is CCC(C(C)C)C(C)CCC(C)C1(CC)CC1C. The topological polar surface area (TPSA) is 0 Å². The van der Waals surface area contributed by atoms with Crippen LogP contribution in [0.25, 0.3) is 0 Å². The quantitative estimate of drug-likeness (QED) is 0.485. The molecule has 0 bridgehead atoms. The van der Waals surface area contributed by atoms with Gasteiger partial charge >= 0.3 is 0 Å². The minimum Gasteiger partial charge on any atom is -0.0651 e. The fraction of sp³-hybridized carbons (Fsp3) is 1.00. The first-order chi connectivity index (χ1) is 8.39. The summed E-state index contributed by atoms with van der Waals surface area (Å²) in [5.41, 5.74) is 0.721. The van der Waals surface area contributed by atoms with Crippen LogP contribution >= 0.6 is 0 Å². The lowest BCUT2D eigenvalue weighted by atomic mass is 9.76. The highest BCUT2D eigenvalue weighted by molar-refractivity contribution is 5.01. The summed E-state index contributed by atoms with van der Waals surface area (Å²) in [5, 5.41) is 0. The van der Waals surface area contributed by atoms with Gasteiger partial charge in [-0.1, -0.05) is 61.3 Å². The molecule has 0 aromatic heterocycles. The van der Waals surface area contributed by atoms with E-state index in [0.29, 0.717) is 0 Å². The van der Waals surface area contributed by atoms with Crippen molar-refractivity contribution in [2.75, 3.05) is 0 Å². The van der Waals surface area contributed by atoms with Crippen LogP contribution in [0.4, 0.5) is 0 Å². The number of hydrogen-bond acceptors (Lipinski definition) is 0. The molecule has 5 unspecified atom stereocenters. The Morgan fingerprint density at radius 3 is 1.94 bits per heavy atom. The Hall–Kier alpha value is 0. The minimum atomic E-state index is 0.721. The van der Waals surface area contributed by atoms with E-state index in [1.54, 1.807) is 0 Å². The first-order valence-electron chi connectivity index (χ1n) is 8.39. The Bertz CT molecular complexity index is 238. The normalized spacial score (nSPS) is 32.3. The number of rotatable bonds is 8. The molecule has 0 heteroatoms. The molecule has 0 aromatic carbocycles. The van der Waals surface area contributed by atoms with E-state index < -0.39 is 0 Å². The Morgan fingerprint density at radius 1 is 1.06 bits per heavy atom. The van der Waals surface area contributed by atoms with Gasteiger partial charge in [0.2, 0.25) is 0 Å². The first kappa shape index (κ1) is 16.1. The predicted octanol–water partition coefficient (Wildman–Crippen LogP) is 6.16. The fourth-order valence-electron chi connectivity index (χ4n) is 4.58. The molecular weight excluding hydrogens is 216 g/mol. The summed E-state index contributed by atoms with van der Waals surface area (Å²) in [6, 6.07) is 0. The highest BCUT2D eigenvalue weighted by Crippen LogP contribution is 2.61. The highest BCUT2D eigenvalue weighted by Gasteiger charge is 2.52. The second-order valence-corrected chi connectivity index (χ2v) is 7.46. The third-order valence-corrected chi connectivity index (χ3v) is 6.26. The largest absolute Gasteiger partial charge is 0.0651 e. The van der Waals surface area contributed by atoms with Crippen LogP contribution in [0.1, 0.15) is 80.6 Å². The maximum atomic E-state index is 2.51. The average molecular weight is 252 g/mol. The van der Waals surface area contributed by atoms with Gasteiger partial charge < -0.3 is 0 Å². The summed E-state index contributed by atoms with van der Waals surface area (Å²) in [7, 11) is 0. The van der Waals surface area contributed by atoms with E-state index in [9.17, 15) is 0 Å². The summed E-state index contributed by atoms with van der Waals surface area (Å²) in [6.45, 7) is 17.0. The highest BCUT2D eigenvalue weighted by atomic mass is 14.6. The zero-order valence-corrected chi connectivity index (χ0v) is 13.9. The number of hydrogen-bond donors (Lipinski definition) is 0. The van der Waals surface area contributed by atoms with E-state index in [1.807, 2.05) is 0 Å². The molecule has 1 aliphatic rings. The molecule has 1 rings (SSSR count). The molecule has 108 valence electrons. The van der Waals surface area contributed by atoms with Crippen LogP contribution in [0.5, 0.6) is 0 Å². The van der Waals surface area contributed by atoms with Crippen molar-refractivity contribution < 1.29 is 0 Å². The minimum absolute atomic E-state index is 0.721. The van der Waals surface area contributed by atoms with Crippen molar-refractivity contribution >= 4 is 0 Å². The maximum absolute atomic E-state index is 2.51. The molecule has 18 heavy (non-hydrogen) atoms. The zero-order chi connectivity index (χ0) is 13.9. The molecule has 1 fully saturated rings. The van der Waals surface area contributed by atoms with Crippen LogP contribution in [0.15, 0.2) is 0 Å². The Morgan fingerprint density at radius 2 is 1.61 bits per heavy atom. The molecule has 0 N–H and O–H groups in total. The summed E-state index contributed by atoms with van der Waals surface area (Å²) < 4.78 is 0. The standard InChI is InChI=1S/C18H36/c1-8-17(13(3)4)14(5)10-11-15(6)18(9-2)12-16(18)7/h13-17H,8-12H2,1-7H3. The zero-order valence-electron chi connectivity index (χ0n) is 13.9. The van der Waals surface area contributed by atoms with Crippen LogP contribution in [-0.4, -0.2) is 0 Å². The predicted molar refractivity (Wildman–Crippen MR) is 82.7 cm³/mol. The Labute approximate surface area is 116 Å². The molecule has 0 radical (unpaired) electrons. The van der Waals surface area contributed by atoms with Gasteiger partial charge in [-0.25, -0.2) is 0 Å². The van der Waals surface area contributed by atoms with E-state index in [0.717, 1.165) is 35.0 Å². The van der Waals surface area contributed by atoms with E-state index >= 15 is 0 Å². The van der Waals surface area contributed by atoms with Crippen molar-refractivity contribution in [1.82, 2.24) is 0 Å². The van der Waals surface area contributed by atoms with Gasteiger partial charge in [-0.3, -0.25) is 0 Å². The molecule has 0 saturated heterocycles. The fourth-order valence-corrected chi connectivity index (χ4v) is 4.58. The lowest BCUT2D eigenvalue weighted by Gasteiger charge is -2.29. The van der Waals surface area contributed by atoms with E-state index in [4.69, 9.17) is 0 Å². The maximum Gasteiger partial charge on any atom is -0.0246 e. The second-order valence-electron chi connectivity index (χ2n) is 7.46. The van der Waals surface area contributed by atoms with Crippen molar-refractivity contribution in [2.24, 2.45) is 35.0 Å². The molecule has 5 atom stereocenters. The van der Waals surface area contributed by atoms with Crippen molar-refractivity contribution in [3.05, 3.63) is 0 Å². The Kier molecular flexibility index (Phi) is 5.74. The van der Waals surface area contributed by atoms with E-state index in [1.165, 1.54) is 32.1 Å². The van der Waals surface area contributed by atoms with Gasteiger partial charge in [0.25, 0.3) is 0 Å². The third kappa shape index (κ3) is 3.31. The molecule has 0 aliphatic heterocycles. The molecule has 1 aliphatic carbocycles. The molecule has 0 amide bonds. The molecule has 0 nitrogen and oxygen atoms in total. The summed E-state index contributed by atoms with van der Waals surface area (Å²) in [5.74, 6) is 4.59. The van der Waals surface area contributed by atoms with Gasteiger partial charge in [0, 0.05) is 0 Å². The molecule has 0 aromatic rings. The smallest absolute Gasteiger partial charge is 0.0246 e. The van der Waals surface area contributed by atoms with Crippen LogP contribution in [0.2, 0.25) is 0 Å². The molecular formula is C18H36. The van der Waals surface area contributed by atoms with Crippen molar-refractivity contribution in [3.8, 4) is 0 Å². The summed E-state index contributed by atoms with van der Waals surface area (Å²) >= 11 is 0. The first-order valence-corrected chi connectivity index (χ1v) is 8.39. The van der Waals surface area contributed by atoms with E-state index in [-0.39, 0.29) is 0 Å². The van der Waals surface area contributed by atoms with Crippen LogP contribution in [0, 0.1) is 35.0 Å². The van der Waals surface area contributed by atoms with Gasteiger partial charge in [0.15, 0.2) is 0 Å². The molecule has 0 spiro atoms. The van der Waals surface area contributed by atoms with Gasteiger partial charge in [0.05, 0.1) is 0 Å².